The number of H-pyrrole nitrogens is 1. The van der Waals surface area contributed by atoms with Crippen molar-refractivity contribution in [2.75, 3.05) is 43.4 Å². The number of fused-ring (bicyclic) bond motifs is 1. The van der Waals surface area contributed by atoms with Crippen LogP contribution in [0.1, 0.15) is 12.8 Å². The Balaban J connectivity index is 1.17. The van der Waals surface area contributed by atoms with Crippen molar-refractivity contribution < 1.29 is 4.39 Å². The van der Waals surface area contributed by atoms with Gasteiger partial charge in [0.15, 0.2) is 0 Å². The van der Waals surface area contributed by atoms with E-state index in [9.17, 15) is 4.39 Å². The van der Waals surface area contributed by atoms with E-state index in [0.29, 0.717) is 0 Å². The number of piperazine rings is 1. The zero-order chi connectivity index (χ0) is 18.5. The summed E-state index contributed by atoms with van der Waals surface area (Å²) in [5.74, 6) is 0.941. The summed E-state index contributed by atoms with van der Waals surface area (Å²) in [5, 5.41) is 2.16. The minimum Gasteiger partial charge on any atom is -0.367 e. The van der Waals surface area contributed by atoms with E-state index in [1.807, 2.05) is 24.4 Å². The summed E-state index contributed by atoms with van der Waals surface area (Å²) in [6, 6.07) is 9.10. The largest absolute Gasteiger partial charge is 0.367 e. The lowest BCUT2D eigenvalue weighted by atomic mass is 10.2. The fourth-order valence-electron chi connectivity index (χ4n) is 3.49. The van der Waals surface area contributed by atoms with Gasteiger partial charge in [0.05, 0.1) is 11.1 Å². The number of unbranched alkanes of at least 4 members (excludes halogenated alkanes) is 1. The number of thioether (sulfide) groups is 1. The molecule has 0 unspecified atom stereocenters. The van der Waals surface area contributed by atoms with Crippen LogP contribution in [0.3, 0.4) is 0 Å². The maximum Gasteiger partial charge on any atom is 0.146 e. The molecule has 1 aromatic carbocycles. The van der Waals surface area contributed by atoms with Gasteiger partial charge in [-0.1, -0.05) is 12.1 Å². The third kappa shape index (κ3) is 4.42. The van der Waals surface area contributed by atoms with E-state index >= 15 is 0 Å². The van der Waals surface area contributed by atoms with E-state index in [4.69, 9.17) is 0 Å². The maximum atomic E-state index is 13.9. The first-order valence-electron chi connectivity index (χ1n) is 9.44. The van der Waals surface area contributed by atoms with Crippen molar-refractivity contribution in [1.29, 1.82) is 0 Å². The van der Waals surface area contributed by atoms with Crippen LogP contribution in [0.4, 0.5) is 10.1 Å². The van der Waals surface area contributed by atoms with Gasteiger partial charge in [0, 0.05) is 32.4 Å². The molecule has 7 heteroatoms. The second-order valence-electron chi connectivity index (χ2n) is 6.75. The number of nitrogens with zero attached hydrogens (tertiary/aromatic N) is 4. The number of nitrogens with one attached hydrogen (secondary N) is 1. The predicted molar refractivity (Wildman–Crippen MR) is 109 cm³/mol. The number of rotatable bonds is 7. The molecule has 0 spiro atoms. The Bertz CT molecular complexity index is 875. The Morgan fingerprint density at radius 1 is 1.04 bits per heavy atom. The van der Waals surface area contributed by atoms with Crippen LogP contribution in [0.5, 0.6) is 0 Å². The lowest BCUT2D eigenvalue weighted by Gasteiger charge is -2.36. The fraction of sp³-hybridized carbons (Fsp3) is 0.400. The maximum absolute atomic E-state index is 13.9. The molecule has 4 rings (SSSR count). The standard InChI is InChI=1S/C20H24FN5S/c21-17-5-1-2-6-18(17)26-12-10-25(11-13-26)9-3-4-14-27-20-16-7-8-22-19(16)23-15-24-20/h1-2,5-8,15H,3-4,9-14H2,(H,22,23,24). The predicted octanol–water partition coefficient (Wildman–Crippen LogP) is 3.79. The lowest BCUT2D eigenvalue weighted by Crippen LogP contribution is -2.46. The molecule has 0 amide bonds. The molecule has 3 aromatic rings. The van der Waals surface area contributed by atoms with Crippen molar-refractivity contribution in [3.63, 3.8) is 0 Å². The number of hydrogen-bond donors (Lipinski definition) is 1. The average Bonchev–Trinajstić information content (AvgIpc) is 3.18. The zero-order valence-corrected chi connectivity index (χ0v) is 16.1. The van der Waals surface area contributed by atoms with Gasteiger partial charge in [-0.2, -0.15) is 0 Å². The highest BCUT2D eigenvalue weighted by atomic mass is 32.2. The Hall–Kier alpha value is -2.12. The summed E-state index contributed by atoms with van der Waals surface area (Å²) >= 11 is 1.80. The van der Waals surface area contributed by atoms with Crippen molar-refractivity contribution in [2.45, 2.75) is 17.9 Å². The van der Waals surface area contributed by atoms with Crippen LogP contribution >= 0.6 is 11.8 Å². The molecule has 1 aliphatic heterocycles. The van der Waals surface area contributed by atoms with Gasteiger partial charge in [-0.15, -0.1) is 11.8 Å². The Morgan fingerprint density at radius 3 is 2.74 bits per heavy atom. The van der Waals surface area contributed by atoms with Gasteiger partial charge in [-0.05, 0) is 43.3 Å². The van der Waals surface area contributed by atoms with Crippen molar-refractivity contribution in [3.05, 3.63) is 48.7 Å². The SMILES string of the molecule is Fc1ccccc1N1CCN(CCCCSc2ncnc3[nH]ccc23)CC1. The molecule has 0 aliphatic carbocycles. The molecule has 1 aliphatic rings. The van der Waals surface area contributed by atoms with E-state index in [0.717, 1.165) is 66.6 Å². The minimum atomic E-state index is -0.121. The molecule has 3 heterocycles. The van der Waals surface area contributed by atoms with Crippen LogP contribution in [0.25, 0.3) is 11.0 Å². The number of benzene rings is 1. The molecule has 0 bridgehead atoms. The summed E-state index contributed by atoms with van der Waals surface area (Å²) in [5.41, 5.74) is 1.63. The summed E-state index contributed by atoms with van der Waals surface area (Å²) in [4.78, 5) is 16.4. The normalized spacial score (nSPS) is 15.5. The van der Waals surface area contributed by atoms with Crippen molar-refractivity contribution in [1.82, 2.24) is 19.9 Å². The first-order chi connectivity index (χ1) is 13.3. The van der Waals surface area contributed by atoms with Gasteiger partial charge in [-0.25, -0.2) is 14.4 Å². The van der Waals surface area contributed by atoms with Gasteiger partial charge in [-0.3, -0.25) is 4.90 Å². The van der Waals surface area contributed by atoms with Crippen molar-refractivity contribution in [3.8, 4) is 0 Å². The number of halogens is 1. The second kappa shape index (κ2) is 8.71. The number of aromatic amines is 1. The third-order valence-corrected chi connectivity index (χ3v) is 6.08. The molecular formula is C20H24FN5S. The second-order valence-corrected chi connectivity index (χ2v) is 7.84. The summed E-state index contributed by atoms with van der Waals surface area (Å²) in [7, 11) is 0. The van der Waals surface area contributed by atoms with Crippen LogP contribution in [0.15, 0.2) is 47.9 Å². The number of hydrogen-bond acceptors (Lipinski definition) is 5. The molecule has 0 saturated carbocycles. The Kier molecular flexibility index (Phi) is 5.89. The molecule has 5 nitrogen and oxygen atoms in total. The van der Waals surface area contributed by atoms with E-state index in [1.54, 1.807) is 24.2 Å². The van der Waals surface area contributed by atoms with Crippen LogP contribution in [0, 0.1) is 5.82 Å². The minimum absolute atomic E-state index is 0.121. The van der Waals surface area contributed by atoms with E-state index < -0.39 is 0 Å². The Labute approximate surface area is 163 Å². The summed E-state index contributed by atoms with van der Waals surface area (Å²) in [6.45, 7) is 4.88. The molecule has 0 atom stereocenters. The number of aromatic nitrogens is 3. The van der Waals surface area contributed by atoms with Crippen LogP contribution in [-0.2, 0) is 0 Å². The molecule has 0 radical (unpaired) electrons. The fourth-order valence-corrected chi connectivity index (χ4v) is 4.47. The summed E-state index contributed by atoms with van der Waals surface area (Å²) < 4.78 is 13.9. The van der Waals surface area contributed by atoms with Gasteiger partial charge < -0.3 is 9.88 Å². The van der Waals surface area contributed by atoms with E-state index in [1.165, 1.54) is 12.5 Å². The topological polar surface area (TPSA) is 48.1 Å². The average molecular weight is 386 g/mol. The van der Waals surface area contributed by atoms with Crippen LogP contribution < -0.4 is 4.90 Å². The Morgan fingerprint density at radius 2 is 1.89 bits per heavy atom. The number of para-hydroxylation sites is 1. The zero-order valence-electron chi connectivity index (χ0n) is 15.3. The lowest BCUT2D eigenvalue weighted by molar-refractivity contribution is 0.254. The molecule has 27 heavy (non-hydrogen) atoms. The first-order valence-corrected chi connectivity index (χ1v) is 10.4. The van der Waals surface area contributed by atoms with Crippen molar-refractivity contribution in [2.24, 2.45) is 0 Å². The first kappa shape index (κ1) is 18.3. The summed E-state index contributed by atoms with van der Waals surface area (Å²) in [6.07, 6.45) is 5.86. The molecule has 1 fully saturated rings. The van der Waals surface area contributed by atoms with Gasteiger partial charge >= 0.3 is 0 Å². The molecule has 2 aromatic heterocycles. The van der Waals surface area contributed by atoms with Crippen LogP contribution in [0.2, 0.25) is 0 Å². The molecule has 142 valence electrons. The highest BCUT2D eigenvalue weighted by Crippen LogP contribution is 2.24. The molecular weight excluding hydrogens is 361 g/mol. The monoisotopic (exact) mass is 385 g/mol. The van der Waals surface area contributed by atoms with Crippen molar-refractivity contribution >= 4 is 28.5 Å². The van der Waals surface area contributed by atoms with E-state index in [2.05, 4.69) is 24.8 Å². The van der Waals surface area contributed by atoms with Crippen LogP contribution in [-0.4, -0.2) is 58.3 Å². The van der Waals surface area contributed by atoms with Gasteiger partial charge in [0.1, 0.15) is 22.8 Å². The molecule has 1 N–H and O–H groups in total. The highest BCUT2D eigenvalue weighted by molar-refractivity contribution is 7.99. The van der Waals surface area contributed by atoms with Gasteiger partial charge in [0.25, 0.3) is 0 Å². The quantitative estimate of drug-likeness (QED) is 0.381. The highest BCUT2D eigenvalue weighted by Gasteiger charge is 2.18. The molecule has 1 saturated heterocycles. The van der Waals surface area contributed by atoms with E-state index in [-0.39, 0.29) is 5.82 Å². The van der Waals surface area contributed by atoms with Gasteiger partial charge in [0.2, 0.25) is 0 Å². The third-order valence-electron chi connectivity index (χ3n) is 4.99. The number of anilines is 1. The smallest absolute Gasteiger partial charge is 0.146 e.